The van der Waals surface area contributed by atoms with Gasteiger partial charge in [0.1, 0.15) is 0 Å². The Morgan fingerprint density at radius 3 is 1.96 bits per heavy atom. The number of hydrogen-bond acceptors (Lipinski definition) is 0. The Kier molecular flexibility index (Phi) is 2.72. The van der Waals surface area contributed by atoms with Crippen LogP contribution in [0.5, 0.6) is 0 Å². The molecular weight excluding hydrogens is 288 g/mol. The van der Waals surface area contributed by atoms with Crippen molar-refractivity contribution in [3.8, 4) is 0 Å². The number of aryl methyl sites for hydroxylation is 2. The van der Waals surface area contributed by atoms with Crippen molar-refractivity contribution in [3.63, 3.8) is 0 Å². The molecule has 0 fully saturated rings. The van der Waals surface area contributed by atoms with Gasteiger partial charge in [-0.05, 0) is 62.5 Å². The van der Waals surface area contributed by atoms with Crippen LogP contribution in [0.4, 0.5) is 0 Å². The highest BCUT2D eigenvalue weighted by Gasteiger charge is 2.09. The molecule has 0 unspecified atom stereocenters. The molecule has 5 rings (SSSR count). The molecule has 0 N–H and O–H groups in total. The molecule has 0 radical (unpaired) electrons. The van der Waals surface area contributed by atoms with Crippen LogP contribution >= 0.6 is 0 Å². The summed E-state index contributed by atoms with van der Waals surface area (Å²) in [6.45, 7) is 4.39. The van der Waals surface area contributed by atoms with Gasteiger partial charge in [0.05, 0.1) is 0 Å². The van der Waals surface area contributed by atoms with Crippen molar-refractivity contribution < 1.29 is 0 Å². The average molecular weight is 306 g/mol. The SMILES string of the molecule is Cc1ccc2c(C)cc3c(ccc4c5ccccc5ccc43)c2c1. The largest absolute Gasteiger partial charge is 0.0616 e. The van der Waals surface area contributed by atoms with Crippen molar-refractivity contribution in [2.75, 3.05) is 0 Å². The minimum absolute atomic E-state index is 1.30. The highest BCUT2D eigenvalue weighted by atomic mass is 14.1. The van der Waals surface area contributed by atoms with Crippen LogP contribution in [0.25, 0.3) is 43.1 Å². The van der Waals surface area contributed by atoms with Gasteiger partial charge in [0.15, 0.2) is 0 Å². The molecule has 5 aromatic rings. The summed E-state index contributed by atoms with van der Waals surface area (Å²) in [5.74, 6) is 0. The molecule has 0 aliphatic rings. The van der Waals surface area contributed by atoms with E-state index in [-0.39, 0.29) is 0 Å². The highest BCUT2D eigenvalue weighted by Crippen LogP contribution is 2.36. The molecule has 0 amide bonds. The summed E-state index contributed by atoms with van der Waals surface area (Å²) in [7, 11) is 0. The van der Waals surface area contributed by atoms with Crippen LogP contribution in [-0.2, 0) is 0 Å². The maximum atomic E-state index is 2.35. The molecule has 0 saturated heterocycles. The second kappa shape index (κ2) is 4.82. The van der Waals surface area contributed by atoms with Crippen LogP contribution in [-0.4, -0.2) is 0 Å². The molecule has 114 valence electrons. The standard InChI is InChI=1S/C24H18/c1-15-7-9-18-16(2)14-24-21-10-8-17-5-3-4-6-19(17)20(21)11-12-22(24)23(18)13-15/h3-14H,1-2H3. The Morgan fingerprint density at radius 2 is 1.08 bits per heavy atom. The van der Waals surface area contributed by atoms with E-state index in [1.165, 1.54) is 54.2 Å². The molecule has 0 aromatic heterocycles. The summed E-state index contributed by atoms with van der Waals surface area (Å²) in [6.07, 6.45) is 0. The highest BCUT2D eigenvalue weighted by molar-refractivity contribution is 6.22. The van der Waals surface area contributed by atoms with E-state index in [9.17, 15) is 0 Å². The summed E-state index contributed by atoms with van der Waals surface area (Å²) in [4.78, 5) is 0. The molecule has 0 saturated carbocycles. The van der Waals surface area contributed by atoms with Gasteiger partial charge in [-0.1, -0.05) is 78.4 Å². The minimum Gasteiger partial charge on any atom is -0.0616 e. The molecule has 0 nitrogen and oxygen atoms in total. The third kappa shape index (κ3) is 1.80. The summed E-state index contributed by atoms with van der Waals surface area (Å²) in [6, 6.07) is 26.9. The molecular formula is C24H18. The fourth-order valence-electron chi connectivity index (χ4n) is 4.02. The first kappa shape index (κ1) is 13.6. The predicted octanol–water partition coefficient (Wildman–Crippen LogP) is 6.92. The first-order valence-corrected chi connectivity index (χ1v) is 8.46. The van der Waals surface area contributed by atoms with E-state index in [1.807, 2.05) is 0 Å². The first-order valence-electron chi connectivity index (χ1n) is 8.46. The Morgan fingerprint density at radius 1 is 0.458 bits per heavy atom. The Hall–Kier alpha value is -2.86. The molecule has 0 heterocycles. The van der Waals surface area contributed by atoms with E-state index in [4.69, 9.17) is 0 Å². The van der Waals surface area contributed by atoms with Crippen molar-refractivity contribution in [2.24, 2.45) is 0 Å². The van der Waals surface area contributed by atoms with Gasteiger partial charge in [-0.3, -0.25) is 0 Å². The smallest absolute Gasteiger partial charge is 0.00961 e. The second-order valence-electron chi connectivity index (χ2n) is 6.79. The van der Waals surface area contributed by atoms with E-state index in [0.29, 0.717) is 0 Å². The van der Waals surface area contributed by atoms with E-state index in [1.54, 1.807) is 0 Å². The number of rotatable bonds is 0. The van der Waals surface area contributed by atoms with Crippen LogP contribution in [0.1, 0.15) is 11.1 Å². The Balaban J connectivity index is 2.05. The van der Waals surface area contributed by atoms with Crippen LogP contribution in [0.15, 0.2) is 72.8 Å². The lowest BCUT2D eigenvalue weighted by atomic mass is 9.92. The van der Waals surface area contributed by atoms with Gasteiger partial charge in [-0.25, -0.2) is 0 Å². The lowest BCUT2D eigenvalue weighted by molar-refractivity contribution is 1.49. The maximum Gasteiger partial charge on any atom is -0.00961 e. The normalized spacial score (nSPS) is 11.8. The van der Waals surface area contributed by atoms with Crippen LogP contribution in [0, 0.1) is 13.8 Å². The topological polar surface area (TPSA) is 0 Å². The number of benzene rings is 5. The van der Waals surface area contributed by atoms with E-state index in [2.05, 4.69) is 86.6 Å². The first-order chi connectivity index (χ1) is 11.7. The fraction of sp³-hybridized carbons (Fsp3) is 0.0833. The number of fused-ring (bicyclic) bond motifs is 7. The minimum atomic E-state index is 1.30. The van der Waals surface area contributed by atoms with E-state index >= 15 is 0 Å². The number of hydrogen-bond donors (Lipinski definition) is 0. The van der Waals surface area contributed by atoms with Crippen LogP contribution in [0.2, 0.25) is 0 Å². The van der Waals surface area contributed by atoms with E-state index < -0.39 is 0 Å². The van der Waals surface area contributed by atoms with Crippen LogP contribution < -0.4 is 0 Å². The summed E-state index contributed by atoms with van der Waals surface area (Å²) < 4.78 is 0. The van der Waals surface area contributed by atoms with Gasteiger partial charge < -0.3 is 0 Å². The third-order valence-corrected chi connectivity index (χ3v) is 5.22. The summed E-state index contributed by atoms with van der Waals surface area (Å²) >= 11 is 0. The molecule has 0 atom stereocenters. The van der Waals surface area contributed by atoms with Gasteiger partial charge >= 0.3 is 0 Å². The fourth-order valence-corrected chi connectivity index (χ4v) is 4.02. The molecule has 0 heteroatoms. The molecule has 5 aromatic carbocycles. The average Bonchev–Trinajstić information content (AvgIpc) is 2.61. The van der Waals surface area contributed by atoms with Crippen molar-refractivity contribution in [3.05, 3.63) is 83.9 Å². The zero-order valence-corrected chi connectivity index (χ0v) is 13.9. The molecule has 24 heavy (non-hydrogen) atoms. The van der Waals surface area contributed by atoms with Crippen molar-refractivity contribution >= 4 is 43.1 Å². The van der Waals surface area contributed by atoms with Gasteiger partial charge in [0, 0.05) is 0 Å². The Labute approximate surface area is 141 Å². The lowest BCUT2D eigenvalue weighted by Gasteiger charge is -2.12. The van der Waals surface area contributed by atoms with Gasteiger partial charge in [-0.15, -0.1) is 0 Å². The lowest BCUT2D eigenvalue weighted by Crippen LogP contribution is -1.86. The van der Waals surface area contributed by atoms with Crippen molar-refractivity contribution in [1.82, 2.24) is 0 Å². The van der Waals surface area contributed by atoms with E-state index in [0.717, 1.165) is 0 Å². The monoisotopic (exact) mass is 306 g/mol. The Bertz CT molecular complexity index is 1260. The predicted molar refractivity (Wildman–Crippen MR) is 106 cm³/mol. The second-order valence-corrected chi connectivity index (χ2v) is 6.79. The van der Waals surface area contributed by atoms with Crippen LogP contribution in [0.3, 0.4) is 0 Å². The molecule has 0 bridgehead atoms. The maximum absolute atomic E-state index is 2.35. The van der Waals surface area contributed by atoms with Gasteiger partial charge in [-0.2, -0.15) is 0 Å². The summed E-state index contributed by atoms with van der Waals surface area (Å²) in [5, 5.41) is 10.7. The zero-order chi connectivity index (χ0) is 16.3. The third-order valence-electron chi connectivity index (χ3n) is 5.22. The van der Waals surface area contributed by atoms with Crippen molar-refractivity contribution in [2.45, 2.75) is 13.8 Å². The molecule has 0 spiro atoms. The van der Waals surface area contributed by atoms with Gasteiger partial charge in [0.2, 0.25) is 0 Å². The quantitative estimate of drug-likeness (QED) is 0.272. The molecule has 0 aliphatic carbocycles. The zero-order valence-electron chi connectivity index (χ0n) is 13.9. The van der Waals surface area contributed by atoms with Crippen molar-refractivity contribution in [1.29, 1.82) is 0 Å². The summed E-state index contributed by atoms with van der Waals surface area (Å²) in [5.41, 5.74) is 2.66. The van der Waals surface area contributed by atoms with Gasteiger partial charge in [0.25, 0.3) is 0 Å². The molecule has 0 aliphatic heterocycles.